The number of hydrogen-bond donors (Lipinski definition) is 4. The second kappa shape index (κ2) is 6.48. The van der Waals surface area contributed by atoms with E-state index in [0.717, 1.165) is 16.9 Å². The van der Waals surface area contributed by atoms with Gasteiger partial charge in [0.1, 0.15) is 11.9 Å². The number of hydrazone groups is 1. The molecule has 0 amide bonds. The molecule has 1 fully saturated rings. The van der Waals surface area contributed by atoms with Crippen molar-refractivity contribution in [1.29, 1.82) is 10.7 Å². The van der Waals surface area contributed by atoms with Gasteiger partial charge in [0.25, 0.3) is 0 Å². The number of hydrogen-bond acceptors (Lipinski definition) is 5. The van der Waals surface area contributed by atoms with E-state index < -0.39 is 0 Å². The van der Waals surface area contributed by atoms with Gasteiger partial charge in [-0.05, 0) is 31.0 Å². The standard InChI is InChI=1S/C16H19N7/c17-9-14(15(18)19)23-22-11-6-7-12-13(8-11)21-16(20-12)10-4-2-1-3-5-10/h6-8,10,22H,1-5H2,(H3,18,19)(H,20,21)/b23-14+. The monoisotopic (exact) mass is 309 g/mol. The number of nitrogens with two attached hydrogens (primary N) is 1. The summed E-state index contributed by atoms with van der Waals surface area (Å²) in [6.07, 6.45) is 6.25. The summed E-state index contributed by atoms with van der Waals surface area (Å²) in [5.74, 6) is 1.22. The van der Waals surface area contributed by atoms with Crippen LogP contribution in [0.1, 0.15) is 43.8 Å². The van der Waals surface area contributed by atoms with Gasteiger partial charge >= 0.3 is 0 Å². The highest BCUT2D eigenvalue weighted by molar-refractivity contribution is 6.45. The SMILES string of the molecule is N#C/C(=N\Nc1ccc2nc(C3CCCCC3)[nH]c2c1)C(=N)N. The predicted molar refractivity (Wildman–Crippen MR) is 90.5 cm³/mol. The van der Waals surface area contributed by atoms with E-state index in [4.69, 9.17) is 21.4 Å². The van der Waals surface area contributed by atoms with Crippen LogP contribution in [0.25, 0.3) is 11.0 Å². The lowest BCUT2D eigenvalue weighted by molar-refractivity contribution is 0.431. The summed E-state index contributed by atoms with van der Waals surface area (Å²) in [7, 11) is 0. The van der Waals surface area contributed by atoms with Gasteiger partial charge < -0.3 is 10.7 Å². The van der Waals surface area contributed by atoms with Crippen molar-refractivity contribution >= 4 is 28.3 Å². The molecular weight excluding hydrogens is 290 g/mol. The summed E-state index contributed by atoms with van der Waals surface area (Å²) in [4.78, 5) is 8.09. The van der Waals surface area contributed by atoms with E-state index >= 15 is 0 Å². The number of benzene rings is 1. The number of aromatic nitrogens is 2. The maximum atomic E-state index is 8.84. The van der Waals surface area contributed by atoms with E-state index in [0.29, 0.717) is 11.6 Å². The van der Waals surface area contributed by atoms with Crippen LogP contribution in [0, 0.1) is 16.7 Å². The molecule has 5 N–H and O–H groups in total. The van der Waals surface area contributed by atoms with Gasteiger partial charge in [-0.1, -0.05) is 19.3 Å². The Hall–Kier alpha value is -2.88. The molecule has 3 rings (SSSR count). The quantitative estimate of drug-likeness (QED) is 0.393. The second-order valence-corrected chi connectivity index (χ2v) is 5.79. The summed E-state index contributed by atoms with van der Waals surface area (Å²) < 4.78 is 0. The average molecular weight is 309 g/mol. The fraction of sp³-hybridized carbons (Fsp3) is 0.375. The number of amidine groups is 1. The molecule has 0 saturated heterocycles. The summed E-state index contributed by atoms with van der Waals surface area (Å²) in [5, 5.41) is 19.9. The van der Waals surface area contributed by atoms with Gasteiger partial charge in [0.05, 0.1) is 16.7 Å². The molecule has 0 spiro atoms. The summed E-state index contributed by atoms with van der Waals surface area (Å²) in [6, 6.07) is 7.42. The molecule has 7 heteroatoms. The minimum absolute atomic E-state index is 0.141. The fourth-order valence-corrected chi connectivity index (χ4v) is 2.93. The topological polar surface area (TPSA) is 127 Å². The zero-order chi connectivity index (χ0) is 16.2. The predicted octanol–water partition coefficient (Wildman–Crippen LogP) is 2.84. The Morgan fingerprint density at radius 3 is 2.87 bits per heavy atom. The Balaban J connectivity index is 1.82. The van der Waals surface area contributed by atoms with Crippen LogP contribution < -0.4 is 11.2 Å². The first-order valence-corrected chi connectivity index (χ1v) is 7.75. The van der Waals surface area contributed by atoms with E-state index in [1.807, 2.05) is 18.2 Å². The molecule has 0 aliphatic heterocycles. The first-order chi connectivity index (χ1) is 11.2. The van der Waals surface area contributed by atoms with Crippen molar-refractivity contribution in [1.82, 2.24) is 9.97 Å². The number of nitriles is 1. The van der Waals surface area contributed by atoms with E-state index in [2.05, 4.69) is 15.5 Å². The molecule has 118 valence electrons. The smallest absolute Gasteiger partial charge is 0.201 e. The molecule has 1 aliphatic rings. The molecule has 1 saturated carbocycles. The largest absolute Gasteiger partial charge is 0.382 e. The van der Waals surface area contributed by atoms with E-state index in [1.165, 1.54) is 32.1 Å². The van der Waals surface area contributed by atoms with Crippen LogP contribution in [0.2, 0.25) is 0 Å². The molecule has 7 nitrogen and oxygen atoms in total. The van der Waals surface area contributed by atoms with Crippen molar-refractivity contribution in [2.24, 2.45) is 10.8 Å². The van der Waals surface area contributed by atoms with Gasteiger partial charge in [0.2, 0.25) is 5.71 Å². The third-order valence-electron chi connectivity index (χ3n) is 4.15. The number of nitrogens with one attached hydrogen (secondary N) is 3. The summed E-state index contributed by atoms with van der Waals surface area (Å²) >= 11 is 0. The van der Waals surface area contributed by atoms with E-state index in [-0.39, 0.29) is 11.5 Å². The van der Waals surface area contributed by atoms with Gasteiger partial charge in [-0.25, -0.2) is 4.98 Å². The molecule has 1 aromatic carbocycles. The van der Waals surface area contributed by atoms with Crippen LogP contribution in [0.5, 0.6) is 0 Å². The molecule has 1 heterocycles. The van der Waals surface area contributed by atoms with Gasteiger partial charge in [0.15, 0.2) is 5.84 Å². The lowest BCUT2D eigenvalue weighted by atomic mass is 9.89. The van der Waals surface area contributed by atoms with Crippen LogP contribution in [0.4, 0.5) is 5.69 Å². The van der Waals surface area contributed by atoms with Crippen molar-refractivity contribution < 1.29 is 0 Å². The summed E-state index contributed by atoms with van der Waals surface area (Å²) in [5.41, 5.74) is 10.4. The van der Waals surface area contributed by atoms with Gasteiger partial charge in [-0.15, -0.1) is 0 Å². The molecule has 0 bridgehead atoms. The fourth-order valence-electron chi connectivity index (χ4n) is 2.93. The third kappa shape index (κ3) is 3.31. The molecule has 2 aromatic rings. The van der Waals surface area contributed by atoms with Gasteiger partial charge in [-0.3, -0.25) is 10.8 Å². The normalized spacial score (nSPS) is 16.2. The average Bonchev–Trinajstić information content (AvgIpc) is 2.99. The first kappa shape index (κ1) is 15.0. The number of fused-ring (bicyclic) bond motifs is 1. The lowest BCUT2D eigenvalue weighted by Crippen LogP contribution is -2.21. The molecule has 0 atom stereocenters. The van der Waals surface area contributed by atoms with Crippen LogP contribution in [-0.2, 0) is 0 Å². The number of H-pyrrole nitrogens is 1. The van der Waals surface area contributed by atoms with Crippen molar-refractivity contribution in [2.45, 2.75) is 38.0 Å². The molecular formula is C16H19N7. The van der Waals surface area contributed by atoms with Crippen LogP contribution in [-0.4, -0.2) is 21.5 Å². The zero-order valence-corrected chi connectivity index (χ0v) is 12.8. The zero-order valence-electron chi connectivity index (χ0n) is 12.8. The minimum atomic E-state index is -0.359. The number of imidazole rings is 1. The van der Waals surface area contributed by atoms with E-state index in [9.17, 15) is 0 Å². The Kier molecular flexibility index (Phi) is 4.24. The number of rotatable bonds is 4. The summed E-state index contributed by atoms with van der Waals surface area (Å²) in [6.45, 7) is 0. The van der Waals surface area contributed by atoms with Crippen LogP contribution in [0.3, 0.4) is 0 Å². The van der Waals surface area contributed by atoms with Crippen LogP contribution >= 0.6 is 0 Å². The maximum Gasteiger partial charge on any atom is 0.201 e. The van der Waals surface area contributed by atoms with Gasteiger partial charge in [-0.2, -0.15) is 10.4 Å². The van der Waals surface area contributed by atoms with E-state index in [1.54, 1.807) is 6.07 Å². The van der Waals surface area contributed by atoms with Crippen molar-refractivity contribution in [3.63, 3.8) is 0 Å². The Morgan fingerprint density at radius 2 is 2.17 bits per heavy atom. The van der Waals surface area contributed by atoms with Crippen molar-refractivity contribution in [2.75, 3.05) is 5.43 Å². The first-order valence-electron chi connectivity index (χ1n) is 7.75. The molecule has 0 radical (unpaired) electrons. The number of anilines is 1. The number of nitrogens with zero attached hydrogens (tertiary/aromatic N) is 3. The Morgan fingerprint density at radius 1 is 1.39 bits per heavy atom. The second-order valence-electron chi connectivity index (χ2n) is 5.79. The van der Waals surface area contributed by atoms with Crippen molar-refractivity contribution in [3.05, 3.63) is 24.0 Å². The van der Waals surface area contributed by atoms with Crippen LogP contribution in [0.15, 0.2) is 23.3 Å². The highest BCUT2D eigenvalue weighted by Gasteiger charge is 2.18. The maximum absolute atomic E-state index is 8.84. The Labute approximate surface area is 134 Å². The van der Waals surface area contributed by atoms with Crippen molar-refractivity contribution in [3.8, 4) is 6.07 Å². The highest BCUT2D eigenvalue weighted by atomic mass is 15.3. The van der Waals surface area contributed by atoms with Gasteiger partial charge in [0, 0.05) is 5.92 Å². The Bertz CT molecular complexity index is 790. The highest BCUT2D eigenvalue weighted by Crippen LogP contribution is 2.32. The molecule has 23 heavy (non-hydrogen) atoms. The molecule has 1 aromatic heterocycles. The molecule has 0 unspecified atom stereocenters. The molecule has 1 aliphatic carbocycles. The third-order valence-corrected chi connectivity index (χ3v) is 4.15. The lowest BCUT2D eigenvalue weighted by Gasteiger charge is -2.18. The minimum Gasteiger partial charge on any atom is -0.382 e. The number of aromatic amines is 1.